The minimum Gasteiger partial charge on any atom is -0.502 e. The van der Waals surface area contributed by atoms with Crippen LogP contribution in [0.25, 0.3) is 11.4 Å². The summed E-state index contributed by atoms with van der Waals surface area (Å²) in [5.41, 5.74) is 7.24. The lowest BCUT2D eigenvalue weighted by molar-refractivity contribution is -0.385. The second-order valence-electron chi connectivity index (χ2n) is 5.30. The van der Waals surface area contributed by atoms with Crippen LogP contribution in [-0.4, -0.2) is 25.2 Å². The Bertz CT molecular complexity index is 863. The van der Waals surface area contributed by atoms with Crippen LogP contribution in [0.2, 0.25) is 0 Å². The molecule has 24 heavy (non-hydrogen) atoms. The molecule has 1 aromatic heterocycles. The summed E-state index contributed by atoms with van der Waals surface area (Å²) in [4.78, 5) is 14.6. The summed E-state index contributed by atoms with van der Waals surface area (Å²) in [5.74, 6) is 0.376. The van der Waals surface area contributed by atoms with E-state index < -0.39 is 16.4 Å². The molecule has 0 fully saturated rings. The van der Waals surface area contributed by atoms with Crippen molar-refractivity contribution in [3.05, 3.63) is 70.0 Å². The predicted molar refractivity (Wildman–Crippen MR) is 87.2 cm³/mol. The van der Waals surface area contributed by atoms with E-state index in [0.29, 0.717) is 17.8 Å². The highest BCUT2D eigenvalue weighted by Gasteiger charge is 2.18. The van der Waals surface area contributed by atoms with Gasteiger partial charge in [-0.2, -0.15) is 5.10 Å². The Kier molecular flexibility index (Phi) is 4.21. The monoisotopic (exact) mass is 325 g/mol. The molecule has 8 heteroatoms. The first-order valence-electron chi connectivity index (χ1n) is 7.24. The number of aromatic hydroxyl groups is 1. The summed E-state index contributed by atoms with van der Waals surface area (Å²) >= 11 is 0. The standard InChI is InChI=1S/C16H15N5O3/c17-12(8-10-4-2-1-3-5-10)16-18-15(19-20-16)11-6-7-14(22)13(9-11)21(23)24/h1-7,9,12,22H,8,17H2,(H,18,19,20). The number of phenols is 1. The molecule has 0 aliphatic carbocycles. The van der Waals surface area contributed by atoms with Gasteiger partial charge in [0, 0.05) is 11.6 Å². The van der Waals surface area contributed by atoms with Gasteiger partial charge in [0.05, 0.1) is 11.0 Å². The lowest BCUT2D eigenvalue weighted by Gasteiger charge is -2.07. The molecule has 0 bridgehead atoms. The van der Waals surface area contributed by atoms with Gasteiger partial charge in [0.2, 0.25) is 0 Å². The molecule has 3 aromatic rings. The topological polar surface area (TPSA) is 131 Å². The Morgan fingerprint density at radius 1 is 1.25 bits per heavy atom. The first-order chi connectivity index (χ1) is 11.5. The molecule has 1 unspecified atom stereocenters. The fraction of sp³-hybridized carbons (Fsp3) is 0.125. The Balaban J connectivity index is 1.83. The van der Waals surface area contributed by atoms with Crippen LogP contribution in [0.5, 0.6) is 5.75 Å². The molecule has 0 aliphatic heterocycles. The molecule has 1 heterocycles. The van der Waals surface area contributed by atoms with Crippen LogP contribution >= 0.6 is 0 Å². The third-order valence-corrected chi connectivity index (χ3v) is 3.58. The minimum absolute atomic E-state index is 0.289. The fourth-order valence-corrected chi connectivity index (χ4v) is 2.34. The maximum atomic E-state index is 10.9. The highest BCUT2D eigenvalue weighted by molar-refractivity contribution is 5.63. The summed E-state index contributed by atoms with van der Waals surface area (Å²) in [5, 5.41) is 27.2. The molecule has 0 radical (unpaired) electrons. The third-order valence-electron chi connectivity index (χ3n) is 3.58. The van der Waals surface area contributed by atoms with Crippen molar-refractivity contribution in [2.45, 2.75) is 12.5 Å². The van der Waals surface area contributed by atoms with E-state index in [9.17, 15) is 15.2 Å². The summed E-state index contributed by atoms with van der Waals surface area (Å²) < 4.78 is 0. The van der Waals surface area contributed by atoms with Gasteiger partial charge >= 0.3 is 5.69 Å². The molecule has 0 saturated heterocycles. The number of benzene rings is 2. The predicted octanol–water partition coefficient (Wildman–Crippen LogP) is 2.33. The highest BCUT2D eigenvalue weighted by atomic mass is 16.6. The van der Waals surface area contributed by atoms with Gasteiger partial charge in [0.1, 0.15) is 5.82 Å². The molecule has 4 N–H and O–H groups in total. The normalized spacial score (nSPS) is 12.0. The van der Waals surface area contributed by atoms with Crippen molar-refractivity contribution in [2.24, 2.45) is 5.73 Å². The van der Waals surface area contributed by atoms with Crippen molar-refractivity contribution in [1.82, 2.24) is 15.2 Å². The molecule has 0 spiro atoms. The van der Waals surface area contributed by atoms with Crippen molar-refractivity contribution in [2.75, 3.05) is 0 Å². The SMILES string of the molecule is NC(Cc1ccccc1)c1nc(-c2ccc(O)c([N+](=O)[O-])c2)n[nH]1. The van der Waals surface area contributed by atoms with E-state index in [4.69, 9.17) is 5.73 Å². The van der Waals surface area contributed by atoms with Gasteiger partial charge < -0.3 is 10.8 Å². The van der Waals surface area contributed by atoms with Crippen molar-refractivity contribution >= 4 is 5.69 Å². The Morgan fingerprint density at radius 3 is 2.71 bits per heavy atom. The summed E-state index contributed by atoms with van der Waals surface area (Å²) in [6, 6.07) is 13.4. The average Bonchev–Trinajstić information content (AvgIpc) is 3.06. The molecular formula is C16H15N5O3. The molecule has 2 aromatic carbocycles. The summed E-state index contributed by atoms with van der Waals surface area (Å²) in [6.07, 6.45) is 0.588. The number of aromatic amines is 1. The van der Waals surface area contributed by atoms with Gasteiger partial charge in [0.15, 0.2) is 11.6 Å². The zero-order valence-electron chi connectivity index (χ0n) is 12.6. The van der Waals surface area contributed by atoms with Gasteiger partial charge in [-0.3, -0.25) is 15.2 Å². The number of nitrogens with one attached hydrogen (secondary N) is 1. The average molecular weight is 325 g/mol. The van der Waals surface area contributed by atoms with E-state index in [1.165, 1.54) is 18.2 Å². The van der Waals surface area contributed by atoms with Crippen LogP contribution in [0.4, 0.5) is 5.69 Å². The number of aromatic nitrogens is 3. The summed E-state index contributed by atoms with van der Waals surface area (Å²) in [6.45, 7) is 0. The minimum atomic E-state index is -0.659. The van der Waals surface area contributed by atoms with Crippen LogP contribution < -0.4 is 5.73 Å². The number of H-pyrrole nitrogens is 1. The van der Waals surface area contributed by atoms with Crippen molar-refractivity contribution in [1.29, 1.82) is 0 Å². The third kappa shape index (κ3) is 3.23. The number of nitro groups is 1. The first-order valence-corrected chi connectivity index (χ1v) is 7.24. The van der Waals surface area contributed by atoms with Gasteiger partial charge in [0.25, 0.3) is 0 Å². The number of hydrogen-bond donors (Lipinski definition) is 3. The lowest BCUT2D eigenvalue weighted by Crippen LogP contribution is -2.15. The number of nitrogens with two attached hydrogens (primary N) is 1. The maximum absolute atomic E-state index is 10.9. The zero-order chi connectivity index (χ0) is 17.1. The fourth-order valence-electron chi connectivity index (χ4n) is 2.34. The molecule has 0 saturated carbocycles. The van der Waals surface area contributed by atoms with E-state index in [1.807, 2.05) is 30.3 Å². The van der Waals surface area contributed by atoms with Gasteiger partial charge in [-0.25, -0.2) is 4.98 Å². The number of rotatable bonds is 5. The number of nitro benzene ring substituents is 1. The van der Waals surface area contributed by atoms with Gasteiger partial charge in [-0.05, 0) is 24.1 Å². The molecule has 3 rings (SSSR count). The van der Waals surface area contributed by atoms with Crippen LogP contribution in [0.1, 0.15) is 17.4 Å². The molecule has 1 atom stereocenters. The molecule has 8 nitrogen and oxygen atoms in total. The quantitative estimate of drug-likeness (QED) is 0.487. The van der Waals surface area contributed by atoms with Crippen LogP contribution in [0.15, 0.2) is 48.5 Å². The highest BCUT2D eigenvalue weighted by Crippen LogP contribution is 2.30. The molecular weight excluding hydrogens is 310 g/mol. The zero-order valence-corrected chi connectivity index (χ0v) is 12.6. The van der Waals surface area contributed by atoms with Gasteiger partial charge in [-0.15, -0.1) is 0 Å². The second kappa shape index (κ2) is 6.47. The Labute approximate surface area is 137 Å². The number of phenolic OH excluding ortho intramolecular Hbond substituents is 1. The van der Waals surface area contributed by atoms with Crippen molar-refractivity contribution < 1.29 is 10.0 Å². The number of hydrogen-bond acceptors (Lipinski definition) is 6. The molecule has 122 valence electrons. The lowest BCUT2D eigenvalue weighted by atomic mass is 10.1. The smallest absolute Gasteiger partial charge is 0.311 e. The van der Waals surface area contributed by atoms with Crippen LogP contribution in [-0.2, 0) is 6.42 Å². The van der Waals surface area contributed by atoms with E-state index in [1.54, 1.807) is 0 Å². The first kappa shape index (κ1) is 15.6. The second-order valence-corrected chi connectivity index (χ2v) is 5.30. The van der Waals surface area contributed by atoms with Crippen LogP contribution in [0.3, 0.4) is 0 Å². The molecule has 0 aliphatic rings. The van der Waals surface area contributed by atoms with E-state index >= 15 is 0 Å². The summed E-state index contributed by atoms with van der Waals surface area (Å²) in [7, 11) is 0. The van der Waals surface area contributed by atoms with Gasteiger partial charge in [-0.1, -0.05) is 30.3 Å². The van der Waals surface area contributed by atoms with Crippen molar-refractivity contribution in [3.8, 4) is 17.1 Å². The largest absolute Gasteiger partial charge is 0.502 e. The Morgan fingerprint density at radius 2 is 2.00 bits per heavy atom. The number of nitrogens with zero attached hydrogens (tertiary/aromatic N) is 3. The molecule has 0 amide bonds. The van der Waals surface area contributed by atoms with Crippen molar-refractivity contribution in [3.63, 3.8) is 0 Å². The van der Waals surface area contributed by atoms with E-state index in [0.717, 1.165) is 5.56 Å². The maximum Gasteiger partial charge on any atom is 0.311 e. The Hall–Kier alpha value is -3.26. The van der Waals surface area contributed by atoms with E-state index in [2.05, 4.69) is 15.2 Å². The van der Waals surface area contributed by atoms with E-state index in [-0.39, 0.29) is 11.9 Å². The van der Waals surface area contributed by atoms with Crippen LogP contribution in [0, 0.1) is 10.1 Å².